The summed E-state index contributed by atoms with van der Waals surface area (Å²) in [5.41, 5.74) is 1.14. The van der Waals surface area contributed by atoms with Gasteiger partial charge in [0.25, 0.3) is 0 Å². The van der Waals surface area contributed by atoms with Crippen molar-refractivity contribution in [1.82, 2.24) is 4.98 Å². The molecule has 0 atom stereocenters. The second-order valence-electron chi connectivity index (χ2n) is 2.16. The van der Waals surface area contributed by atoms with E-state index in [9.17, 15) is 0 Å². The SMILES string of the molecule is [c]1ccc2c(n1)NCC=C2. The van der Waals surface area contributed by atoms with E-state index >= 15 is 0 Å². The van der Waals surface area contributed by atoms with Gasteiger partial charge in [-0.2, -0.15) is 0 Å². The minimum Gasteiger partial charge on any atom is -0.366 e. The van der Waals surface area contributed by atoms with Gasteiger partial charge in [0.15, 0.2) is 0 Å². The van der Waals surface area contributed by atoms with Crippen molar-refractivity contribution in [3.05, 3.63) is 30.0 Å². The zero-order valence-electron chi connectivity index (χ0n) is 5.46. The summed E-state index contributed by atoms with van der Waals surface area (Å²) in [6.45, 7) is 0.873. The Hall–Kier alpha value is -1.31. The standard InChI is InChI=1S/C8H7N2/c1-3-7-4-2-6-10-8(7)9-5-1/h1-4H,5H2,(H,9,10). The Morgan fingerprint density at radius 1 is 1.60 bits per heavy atom. The van der Waals surface area contributed by atoms with Crippen LogP contribution in [0.15, 0.2) is 18.2 Å². The van der Waals surface area contributed by atoms with Gasteiger partial charge < -0.3 is 5.32 Å². The first kappa shape index (κ1) is 5.47. The summed E-state index contributed by atoms with van der Waals surface area (Å²) in [6.07, 6.45) is 6.91. The van der Waals surface area contributed by atoms with E-state index in [1.165, 1.54) is 0 Å². The van der Waals surface area contributed by atoms with Gasteiger partial charge >= 0.3 is 0 Å². The van der Waals surface area contributed by atoms with Gasteiger partial charge in [-0.1, -0.05) is 12.2 Å². The number of aromatic nitrogens is 1. The van der Waals surface area contributed by atoms with Crippen molar-refractivity contribution in [2.45, 2.75) is 0 Å². The van der Waals surface area contributed by atoms with E-state index in [-0.39, 0.29) is 0 Å². The number of hydrogen-bond acceptors (Lipinski definition) is 2. The lowest BCUT2D eigenvalue weighted by molar-refractivity contribution is 1.20. The minimum absolute atomic E-state index is 0.873. The highest BCUT2D eigenvalue weighted by Gasteiger charge is 2.00. The van der Waals surface area contributed by atoms with Crippen LogP contribution in [0.2, 0.25) is 0 Å². The van der Waals surface area contributed by atoms with Crippen LogP contribution in [-0.2, 0) is 0 Å². The van der Waals surface area contributed by atoms with Crippen LogP contribution in [0.25, 0.3) is 6.08 Å². The maximum atomic E-state index is 4.03. The van der Waals surface area contributed by atoms with E-state index in [0.717, 1.165) is 17.9 Å². The van der Waals surface area contributed by atoms with Gasteiger partial charge in [-0.15, -0.1) is 0 Å². The molecule has 0 fully saturated rings. The van der Waals surface area contributed by atoms with Crippen LogP contribution >= 0.6 is 0 Å². The maximum absolute atomic E-state index is 4.03. The van der Waals surface area contributed by atoms with Gasteiger partial charge in [0.05, 0.1) is 6.20 Å². The molecule has 0 saturated carbocycles. The third-order valence-electron chi connectivity index (χ3n) is 1.47. The zero-order valence-corrected chi connectivity index (χ0v) is 5.46. The summed E-state index contributed by atoms with van der Waals surface area (Å²) >= 11 is 0. The molecular formula is C8H7N2. The molecule has 1 aliphatic rings. The molecule has 1 aromatic rings. The van der Waals surface area contributed by atoms with Crippen molar-refractivity contribution in [2.75, 3.05) is 11.9 Å². The fourth-order valence-corrected chi connectivity index (χ4v) is 0.990. The molecule has 1 N–H and O–H groups in total. The molecule has 49 valence electrons. The Bertz CT molecular complexity index is 266. The van der Waals surface area contributed by atoms with Crippen molar-refractivity contribution in [1.29, 1.82) is 0 Å². The number of pyridine rings is 1. The van der Waals surface area contributed by atoms with Gasteiger partial charge in [-0.05, 0) is 12.1 Å². The van der Waals surface area contributed by atoms with Crippen LogP contribution in [-0.4, -0.2) is 11.5 Å². The highest BCUT2D eigenvalue weighted by molar-refractivity contribution is 5.65. The Labute approximate surface area is 59.6 Å². The van der Waals surface area contributed by atoms with Crippen molar-refractivity contribution < 1.29 is 0 Å². The number of rotatable bonds is 0. The van der Waals surface area contributed by atoms with Crippen molar-refractivity contribution >= 4 is 11.9 Å². The van der Waals surface area contributed by atoms with Gasteiger partial charge in [0.1, 0.15) is 5.82 Å². The molecule has 0 amide bonds. The Kier molecular flexibility index (Phi) is 1.17. The van der Waals surface area contributed by atoms with Crippen LogP contribution in [0.1, 0.15) is 5.56 Å². The number of nitrogens with zero attached hydrogens (tertiary/aromatic N) is 1. The smallest absolute Gasteiger partial charge is 0.134 e. The van der Waals surface area contributed by atoms with Crippen LogP contribution in [0.3, 0.4) is 0 Å². The first-order chi connectivity index (χ1) is 4.97. The average Bonchev–Trinajstić information content (AvgIpc) is 2.05. The summed E-state index contributed by atoms with van der Waals surface area (Å²) in [6, 6.07) is 3.81. The second-order valence-corrected chi connectivity index (χ2v) is 2.16. The van der Waals surface area contributed by atoms with Gasteiger partial charge in [-0.25, -0.2) is 4.98 Å². The fraction of sp³-hybridized carbons (Fsp3) is 0.125. The van der Waals surface area contributed by atoms with Gasteiger partial charge in [0.2, 0.25) is 0 Å². The monoisotopic (exact) mass is 131 g/mol. The molecule has 0 bridgehead atoms. The number of fused-ring (bicyclic) bond motifs is 1. The van der Waals surface area contributed by atoms with Crippen molar-refractivity contribution in [3.8, 4) is 0 Å². The van der Waals surface area contributed by atoms with E-state index in [2.05, 4.69) is 28.6 Å². The predicted octanol–water partition coefficient (Wildman–Crippen LogP) is 1.32. The molecule has 2 heterocycles. The Morgan fingerprint density at radius 2 is 2.60 bits per heavy atom. The van der Waals surface area contributed by atoms with E-state index in [1.807, 2.05) is 12.1 Å². The van der Waals surface area contributed by atoms with Crippen LogP contribution in [0.4, 0.5) is 5.82 Å². The maximum Gasteiger partial charge on any atom is 0.134 e. The quantitative estimate of drug-likeness (QED) is 0.574. The summed E-state index contributed by atoms with van der Waals surface area (Å²) in [5, 5.41) is 3.13. The van der Waals surface area contributed by atoms with E-state index in [0.29, 0.717) is 0 Å². The number of nitrogens with one attached hydrogen (secondary N) is 1. The Morgan fingerprint density at radius 3 is 3.50 bits per heavy atom. The highest BCUT2D eigenvalue weighted by Crippen LogP contribution is 2.15. The molecule has 0 spiro atoms. The first-order valence-electron chi connectivity index (χ1n) is 3.24. The van der Waals surface area contributed by atoms with Crippen molar-refractivity contribution in [2.24, 2.45) is 0 Å². The summed E-state index contributed by atoms with van der Waals surface area (Å²) in [7, 11) is 0. The minimum atomic E-state index is 0.873. The molecule has 0 saturated heterocycles. The second kappa shape index (κ2) is 2.14. The third kappa shape index (κ3) is 0.778. The average molecular weight is 131 g/mol. The predicted molar refractivity (Wildman–Crippen MR) is 40.6 cm³/mol. The molecule has 0 aromatic carbocycles. The lowest BCUT2D eigenvalue weighted by atomic mass is 10.2. The van der Waals surface area contributed by atoms with E-state index in [4.69, 9.17) is 0 Å². The molecule has 1 aromatic heterocycles. The lowest BCUT2D eigenvalue weighted by Crippen LogP contribution is -2.05. The molecule has 2 rings (SSSR count). The molecule has 0 unspecified atom stereocenters. The van der Waals surface area contributed by atoms with Crippen LogP contribution in [0.5, 0.6) is 0 Å². The molecule has 10 heavy (non-hydrogen) atoms. The normalized spacial score (nSPS) is 14.0. The largest absolute Gasteiger partial charge is 0.366 e. The number of hydrogen-bond donors (Lipinski definition) is 1. The molecule has 0 aliphatic carbocycles. The fourth-order valence-electron chi connectivity index (χ4n) is 0.990. The van der Waals surface area contributed by atoms with Crippen LogP contribution in [0, 0.1) is 6.20 Å². The molecule has 2 nitrogen and oxygen atoms in total. The van der Waals surface area contributed by atoms with Crippen LogP contribution < -0.4 is 5.32 Å². The highest BCUT2D eigenvalue weighted by atomic mass is 15.0. The molecule has 2 heteroatoms. The summed E-state index contributed by atoms with van der Waals surface area (Å²) in [5.74, 6) is 0.935. The lowest BCUT2D eigenvalue weighted by Gasteiger charge is -2.09. The van der Waals surface area contributed by atoms with E-state index < -0.39 is 0 Å². The molecule has 1 aliphatic heterocycles. The van der Waals surface area contributed by atoms with Gasteiger partial charge in [0, 0.05) is 12.1 Å². The summed E-state index contributed by atoms with van der Waals surface area (Å²) < 4.78 is 0. The molecule has 1 radical (unpaired) electrons. The zero-order chi connectivity index (χ0) is 6.81. The molecular weight excluding hydrogens is 124 g/mol. The third-order valence-corrected chi connectivity index (χ3v) is 1.47. The van der Waals surface area contributed by atoms with E-state index in [1.54, 1.807) is 0 Å². The van der Waals surface area contributed by atoms with Gasteiger partial charge in [-0.3, -0.25) is 0 Å². The summed E-state index contributed by atoms with van der Waals surface area (Å²) in [4.78, 5) is 4.03. The number of anilines is 1. The van der Waals surface area contributed by atoms with Crippen molar-refractivity contribution in [3.63, 3.8) is 0 Å². The topological polar surface area (TPSA) is 24.9 Å². The Balaban J connectivity index is 2.54. The first-order valence-corrected chi connectivity index (χ1v) is 3.24.